The van der Waals surface area contributed by atoms with Crippen LogP contribution in [0.5, 0.6) is 0 Å². The molecule has 0 bridgehead atoms. The van der Waals surface area contributed by atoms with E-state index in [9.17, 15) is 0 Å². The normalized spacial score (nSPS) is 17.4. The van der Waals surface area contributed by atoms with Crippen LogP contribution >= 0.6 is 14.3 Å². The lowest BCUT2D eigenvalue weighted by Crippen LogP contribution is -2.36. The van der Waals surface area contributed by atoms with Crippen molar-refractivity contribution in [3.63, 3.8) is 0 Å². The molecular formula is C22H32B2P2. The van der Waals surface area contributed by atoms with E-state index in [1.165, 1.54) is 10.6 Å². The topological polar surface area (TPSA) is 0 Å². The summed E-state index contributed by atoms with van der Waals surface area (Å²) in [5.41, 5.74) is 0. The van der Waals surface area contributed by atoms with Gasteiger partial charge < -0.3 is 0 Å². The summed E-state index contributed by atoms with van der Waals surface area (Å²) in [6.45, 7) is 13.7. The SMILES string of the molecule is [B-][P+](CC[P+]([B-])(c1ccccc1)C(C)(C)C)(c1ccccc1)C(C)(C)C. The third-order valence-corrected chi connectivity index (χ3v) is 15.1. The van der Waals surface area contributed by atoms with E-state index in [2.05, 4.69) is 102 Å². The third-order valence-electron chi connectivity index (χ3n) is 5.63. The van der Waals surface area contributed by atoms with Crippen LogP contribution in [0, 0.1) is 0 Å². The molecule has 2 atom stereocenters. The van der Waals surface area contributed by atoms with E-state index in [0.717, 1.165) is 12.3 Å². The fourth-order valence-electron chi connectivity index (χ4n) is 3.41. The van der Waals surface area contributed by atoms with Gasteiger partial charge in [-0.15, -0.1) is 0 Å². The van der Waals surface area contributed by atoms with Crippen molar-refractivity contribution in [3.8, 4) is 0 Å². The van der Waals surface area contributed by atoms with Gasteiger partial charge in [-0.3, -0.25) is 15.1 Å². The van der Waals surface area contributed by atoms with Crippen LogP contribution in [0.1, 0.15) is 41.5 Å². The first-order valence-electron chi connectivity index (χ1n) is 9.36. The van der Waals surface area contributed by atoms with Crippen molar-refractivity contribution in [1.29, 1.82) is 0 Å². The minimum Gasteiger partial charge on any atom is -0.298 e. The summed E-state index contributed by atoms with van der Waals surface area (Å²) in [4.78, 5) is 0. The molecule has 0 fully saturated rings. The van der Waals surface area contributed by atoms with Crippen molar-refractivity contribution in [2.75, 3.05) is 12.3 Å². The summed E-state index contributed by atoms with van der Waals surface area (Å²) < 4.78 is 0. The van der Waals surface area contributed by atoms with Crippen LogP contribution in [-0.4, -0.2) is 37.8 Å². The Balaban J connectivity index is 2.43. The molecule has 0 nitrogen and oxygen atoms in total. The Hall–Kier alpha value is -0.570. The molecule has 2 unspecified atom stereocenters. The van der Waals surface area contributed by atoms with Gasteiger partial charge in [-0.1, -0.05) is 36.4 Å². The van der Waals surface area contributed by atoms with Crippen LogP contribution in [0.4, 0.5) is 0 Å². The fourth-order valence-corrected chi connectivity index (χ4v) is 10.7. The predicted octanol–water partition coefficient (Wildman–Crippen LogP) is 5.44. The highest BCUT2D eigenvalue weighted by molar-refractivity contribution is 8.07. The van der Waals surface area contributed by atoms with E-state index < -0.39 is 14.3 Å². The maximum Gasteiger partial charge on any atom is 0.0464 e. The maximum atomic E-state index is 7.20. The van der Waals surface area contributed by atoms with Crippen molar-refractivity contribution in [2.24, 2.45) is 0 Å². The molecule has 0 heterocycles. The van der Waals surface area contributed by atoms with Gasteiger partial charge in [0, 0.05) is 33.2 Å². The number of rotatable bonds is 5. The Bertz CT molecular complexity index is 641. The minimum absolute atomic E-state index is 0.0494. The van der Waals surface area contributed by atoms with Crippen molar-refractivity contribution in [1.82, 2.24) is 0 Å². The molecule has 2 aromatic rings. The van der Waals surface area contributed by atoms with Crippen molar-refractivity contribution < 1.29 is 0 Å². The lowest BCUT2D eigenvalue weighted by Gasteiger charge is -2.53. The lowest BCUT2D eigenvalue weighted by atomic mass is 10.2. The van der Waals surface area contributed by atoms with E-state index in [0.29, 0.717) is 0 Å². The van der Waals surface area contributed by atoms with Crippen molar-refractivity contribution >= 4 is 40.0 Å². The second-order valence-electron chi connectivity index (χ2n) is 9.20. The molecule has 0 aliphatic carbocycles. The Morgan fingerprint density at radius 3 is 1.08 bits per heavy atom. The van der Waals surface area contributed by atoms with Crippen LogP contribution in [0.25, 0.3) is 0 Å². The van der Waals surface area contributed by atoms with Gasteiger partial charge in [-0.25, -0.2) is 14.3 Å². The standard InChI is InChI=1S/C22H32B2P2/c1-21(2,3)25(23,19-13-9-7-10-14-19)17-18-26(24,22(4,5)6)20-15-11-8-12-16-20/h7-16H,17-18H2,1-6H3. The van der Waals surface area contributed by atoms with Gasteiger partial charge in [-0.2, -0.15) is 0 Å². The molecule has 2 rings (SSSR count). The van der Waals surface area contributed by atoms with E-state index in [1.54, 1.807) is 0 Å². The van der Waals surface area contributed by atoms with Crippen LogP contribution < -0.4 is 10.6 Å². The fraction of sp³-hybridized carbons (Fsp3) is 0.455. The van der Waals surface area contributed by atoms with Gasteiger partial charge in [-0.05, 0) is 65.8 Å². The van der Waals surface area contributed by atoms with E-state index in [-0.39, 0.29) is 10.3 Å². The van der Waals surface area contributed by atoms with Crippen LogP contribution in [0.3, 0.4) is 0 Å². The average Bonchev–Trinajstić information content (AvgIpc) is 2.59. The molecule has 0 aliphatic rings. The molecule has 0 amide bonds. The van der Waals surface area contributed by atoms with Gasteiger partial charge in [0.15, 0.2) is 0 Å². The first kappa shape index (κ1) is 21.7. The summed E-state index contributed by atoms with van der Waals surface area (Å²) in [7, 11) is 10.7. The lowest BCUT2D eigenvalue weighted by molar-refractivity contribution is 0.776. The van der Waals surface area contributed by atoms with Crippen LogP contribution in [0.2, 0.25) is 0 Å². The van der Waals surface area contributed by atoms with E-state index >= 15 is 0 Å². The molecule has 2 aromatic carbocycles. The van der Waals surface area contributed by atoms with Gasteiger partial charge in [0.05, 0.1) is 0 Å². The molecule has 0 aliphatic heterocycles. The summed E-state index contributed by atoms with van der Waals surface area (Å²) >= 11 is 0. The third kappa shape index (κ3) is 4.29. The largest absolute Gasteiger partial charge is 0.298 e. The molecule has 26 heavy (non-hydrogen) atoms. The first-order valence-corrected chi connectivity index (χ1v) is 13.5. The molecule has 0 aromatic heterocycles. The molecule has 0 saturated heterocycles. The number of hydrogen-bond acceptors (Lipinski definition) is 0. The van der Waals surface area contributed by atoms with E-state index in [4.69, 9.17) is 15.1 Å². The molecule has 0 saturated carbocycles. The molecular weight excluding hydrogens is 348 g/mol. The predicted molar refractivity (Wildman–Crippen MR) is 127 cm³/mol. The summed E-state index contributed by atoms with van der Waals surface area (Å²) in [5.74, 6) is 0. The number of benzene rings is 2. The summed E-state index contributed by atoms with van der Waals surface area (Å²) in [5, 5.41) is 2.71. The van der Waals surface area contributed by atoms with Gasteiger partial charge in [0.2, 0.25) is 0 Å². The average molecular weight is 380 g/mol. The quantitative estimate of drug-likeness (QED) is 0.479. The smallest absolute Gasteiger partial charge is 0.0464 e. The first-order chi connectivity index (χ1) is 11.9. The second kappa shape index (κ2) is 7.81. The highest BCUT2D eigenvalue weighted by Gasteiger charge is 2.40. The zero-order valence-electron chi connectivity index (χ0n) is 17.2. The molecule has 6 radical (unpaired) electrons. The second-order valence-corrected chi connectivity index (χ2v) is 17.3. The zero-order valence-corrected chi connectivity index (χ0v) is 19.0. The summed E-state index contributed by atoms with van der Waals surface area (Å²) in [6, 6.07) is 21.4. The maximum absolute atomic E-state index is 7.20. The Morgan fingerprint density at radius 2 is 0.846 bits per heavy atom. The Morgan fingerprint density at radius 1 is 0.577 bits per heavy atom. The van der Waals surface area contributed by atoms with E-state index in [1.807, 2.05) is 0 Å². The van der Waals surface area contributed by atoms with Gasteiger partial charge >= 0.3 is 0 Å². The zero-order chi connectivity index (χ0) is 19.6. The monoisotopic (exact) mass is 380 g/mol. The summed E-state index contributed by atoms with van der Waals surface area (Å²) in [6.07, 6.45) is 1.97. The molecule has 0 N–H and O–H groups in total. The highest BCUT2D eigenvalue weighted by Crippen LogP contribution is 2.70. The van der Waals surface area contributed by atoms with Crippen molar-refractivity contribution in [2.45, 2.75) is 51.9 Å². The van der Waals surface area contributed by atoms with Crippen LogP contribution in [0.15, 0.2) is 60.7 Å². The van der Waals surface area contributed by atoms with Gasteiger partial charge in [0.1, 0.15) is 0 Å². The minimum atomic E-state index is -1.84. The van der Waals surface area contributed by atoms with Gasteiger partial charge in [0.25, 0.3) is 0 Å². The van der Waals surface area contributed by atoms with Crippen molar-refractivity contribution in [3.05, 3.63) is 60.7 Å². The molecule has 136 valence electrons. The highest BCUT2D eigenvalue weighted by atomic mass is 31.2. The molecule has 4 heteroatoms. The van der Waals surface area contributed by atoms with Crippen LogP contribution in [-0.2, 0) is 0 Å². The Labute approximate surface area is 165 Å². The Kier molecular flexibility index (Phi) is 6.53. The number of hydrogen-bond donors (Lipinski definition) is 0. The molecule has 0 spiro atoms.